The molecule has 0 radical (unpaired) electrons. The van der Waals surface area contributed by atoms with E-state index in [1.807, 2.05) is 33.3 Å². The second-order valence-electron chi connectivity index (χ2n) is 36.5. The summed E-state index contributed by atoms with van der Waals surface area (Å²) in [5.74, 6) is -0.351. The Morgan fingerprint density at radius 3 is 1.25 bits per heavy atom. The number of carbonyl (C=O) groups is 3. The number of nitrogens with zero attached hydrogens (tertiary/aromatic N) is 12. The lowest BCUT2D eigenvalue weighted by Gasteiger charge is -2.44. The maximum Gasteiger partial charge on any atom is 0.241 e. The van der Waals surface area contributed by atoms with E-state index in [0.717, 1.165) is 179 Å². The number of aliphatic hydroxyl groups is 1. The highest BCUT2D eigenvalue weighted by molar-refractivity contribution is 5.99. The highest BCUT2D eigenvalue weighted by Gasteiger charge is 2.52. The molecule has 6 saturated heterocycles. The van der Waals surface area contributed by atoms with E-state index in [9.17, 15) is 32.7 Å². The molecule has 10 aliphatic rings. The number of aromatic nitrogens is 3. The number of halogens is 3. The SMILES string of the molecule is C[C@@H]1CN(CC(=O)N2CC(C)(C)c3ncc(Cc4ccc(F)cc4)cc32)[C@@H](CN2CCC[C@H]2CO)CN1.C[C@@H]1CN(CC(=O)N2CC(C)(C)c3ncc(Cc4ccc(F)cc4)cc32)[C@@H](CN2CCOCC23CC3)CN1.C[C@@H]1CN(CC(=O)N2CC(C)(C)c3ncc(Cc4ccc(F)cc4)cc32)[C@@H](CN2C[C@@H](C)OC[C@H]2C)CN1. The Morgan fingerprint density at radius 2 is 0.867 bits per heavy atom. The average molecular weight is 1560 g/mol. The van der Waals surface area contributed by atoms with Crippen molar-refractivity contribution in [2.45, 2.75) is 197 Å². The van der Waals surface area contributed by atoms with Crippen LogP contribution in [-0.4, -0.2) is 271 Å². The van der Waals surface area contributed by atoms with E-state index < -0.39 is 0 Å². The molecule has 1 spiro atoms. The van der Waals surface area contributed by atoms with Crippen LogP contribution in [0, 0.1) is 17.5 Å². The third-order valence-corrected chi connectivity index (χ3v) is 25.4. The maximum absolute atomic E-state index is 13.9. The number of carbonyl (C=O) groups excluding carboxylic acids is 3. The molecule has 21 nitrogen and oxygen atoms in total. The van der Waals surface area contributed by atoms with Crippen LogP contribution < -0.4 is 30.7 Å². The molecule has 12 heterocycles. The molecule has 16 rings (SSSR count). The first-order valence-electron chi connectivity index (χ1n) is 41.6. The second-order valence-corrected chi connectivity index (χ2v) is 36.5. The van der Waals surface area contributed by atoms with Gasteiger partial charge in [0.2, 0.25) is 17.7 Å². The Hall–Kier alpha value is -7.17. The van der Waals surface area contributed by atoms with Gasteiger partial charge in [0.05, 0.1) is 86.3 Å². The number of hydrogen-bond acceptors (Lipinski definition) is 18. The topological polar surface area (TPSA) is 194 Å². The number of rotatable bonds is 19. The van der Waals surface area contributed by atoms with E-state index in [2.05, 4.69) is 140 Å². The van der Waals surface area contributed by atoms with Crippen LogP contribution in [0.5, 0.6) is 0 Å². The van der Waals surface area contributed by atoms with Crippen LogP contribution in [0.25, 0.3) is 0 Å². The Bertz CT molecular complexity index is 4280. The molecule has 4 N–H and O–H groups in total. The molecular weight excluding hydrogens is 1430 g/mol. The lowest BCUT2D eigenvalue weighted by atomic mass is 9.91. The highest BCUT2D eigenvalue weighted by atomic mass is 19.1. The lowest BCUT2D eigenvalue weighted by Crippen LogP contribution is -2.62. The number of nitrogens with one attached hydrogen (secondary N) is 3. The quantitative estimate of drug-likeness (QED) is 0.0601. The minimum atomic E-state index is -0.244. The Kier molecular flexibility index (Phi) is 25.5. The van der Waals surface area contributed by atoms with Crippen molar-refractivity contribution in [3.8, 4) is 0 Å². The average Bonchev–Trinajstić information content (AvgIpc) is 1.61. The zero-order valence-electron chi connectivity index (χ0n) is 68.6. The van der Waals surface area contributed by atoms with Gasteiger partial charge in [0.25, 0.3) is 0 Å². The molecule has 6 aromatic rings. The number of ether oxygens (including phenoxy) is 2. The first-order chi connectivity index (χ1) is 54.0. The molecule has 3 aromatic heterocycles. The molecule has 1 saturated carbocycles. The fraction of sp³-hybridized carbons (Fsp3) is 0.596. The monoisotopic (exact) mass is 1550 g/mol. The van der Waals surface area contributed by atoms with Gasteiger partial charge in [-0.15, -0.1) is 0 Å². The standard InChI is InChI=1S/C30H40FN5O2.C30H42FN5O2.C29H40FN5O2/c1-21-16-34(25(15-32-21)17-35-10-11-38-20-30(35)8-9-30)18-27(37)36-19-29(2,3)28-26(36)13-23(14-33-28)12-22-4-6-24(31)7-5-22;1-20-14-35(26(13-32-20)16-34-15-22(3)38-18-21(34)2)17-28(37)36-19-30(4,5)29-27(36)11-24(12-33-29)10-23-6-8-25(31)9-7-23;1-20-15-34(25(14-31-20)16-33-10-4-5-24(33)18-36)17-27(37)35-19-29(2,3)28-26(35)12-22(13-32-28)11-21-6-8-23(30)9-7-21/h4-7,13-14,21,25,32H,8-12,15-20H2,1-3H3;6-9,11-12,20-22,26,32H,10,13-19H2,1-5H3;6-9,12-13,20,24-25,31,36H,4-5,10-11,14-19H2,1-3H3/t21-,25-;20-,21-,22-,26-;20-,24+,25-/m111/s1. The predicted molar refractivity (Wildman–Crippen MR) is 437 cm³/mol. The van der Waals surface area contributed by atoms with Crippen molar-refractivity contribution in [2.75, 3.05) is 159 Å². The number of pyridine rings is 3. The largest absolute Gasteiger partial charge is 0.395 e. The van der Waals surface area contributed by atoms with Crippen LogP contribution in [0.4, 0.5) is 30.2 Å². The Morgan fingerprint density at radius 1 is 0.487 bits per heavy atom. The minimum absolute atomic E-state index is 0.104. The summed E-state index contributed by atoms with van der Waals surface area (Å²) in [6, 6.07) is 28.4. The number of anilines is 3. The number of aliphatic hydroxyl groups excluding tert-OH is 1. The molecule has 7 fully saturated rings. The van der Waals surface area contributed by atoms with Crippen molar-refractivity contribution < 1.29 is 42.1 Å². The minimum Gasteiger partial charge on any atom is -0.395 e. The van der Waals surface area contributed by atoms with Gasteiger partial charge in [-0.25, -0.2) is 13.2 Å². The summed E-state index contributed by atoms with van der Waals surface area (Å²) in [6.07, 6.45) is 12.5. The maximum atomic E-state index is 13.9. The number of fused-ring (bicyclic) bond motifs is 3. The van der Waals surface area contributed by atoms with Crippen LogP contribution in [0.3, 0.4) is 0 Å². The molecule has 610 valence electrons. The summed E-state index contributed by atoms with van der Waals surface area (Å²) in [5.41, 5.74) is 11.3. The van der Waals surface area contributed by atoms with Crippen LogP contribution in [0.1, 0.15) is 152 Å². The number of piperazine rings is 3. The molecule has 0 bridgehead atoms. The van der Waals surface area contributed by atoms with Crippen molar-refractivity contribution in [3.05, 3.63) is 178 Å². The molecule has 3 aromatic carbocycles. The van der Waals surface area contributed by atoms with Crippen LogP contribution in [0.2, 0.25) is 0 Å². The fourth-order valence-corrected chi connectivity index (χ4v) is 18.8. The number of likely N-dealkylation sites (tertiary alicyclic amines) is 1. The predicted octanol–water partition coefficient (Wildman–Crippen LogP) is 8.72. The van der Waals surface area contributed by atoms with Crippen LogP contribution in [-0.2, 0) is 59.4 Å². The molecule has 113 heavy (non-hydrogen) atoms. The van der Waals surface area contributed by atoms with Gasteiger partial charge < -0.3 is 45.2 Å². The van der Waals surface area contributed by atoms with E-state index in [-0.39, 0.29) is 87.8 Å². The van der Waals surface area contributed by atoms with Gasteiger partial charge in [0.15, 0.2) is 0 Å². The highest BCUT2D eigenvalue weighted by Crippen LogP contribution is 2.46. The molecular formula is C89H122F3N15O6. The molecule has 9 atom stereocenters. The normalized spacial score (nSPS) is 26.8. The Balaban J connectivity index is 0.000000141. The molecule has 1 aliphatic carbocycles. The van der Waals surface area contributed by atoms with Gasteiger partial charge in [-0.2, -0.15) is 0 Å². The van der Waals surface area contributed by atoms with Gasteiger partial charge in [-0.1, -0.05) is 77.9 Å². The van der Waals surface area contributed by atoms with Crippen LogP contribution in [0.15, 0.2) is 110 Å². The van der Waals surface area contributed by atoms with Gasteiger partial charge in [-0.3, -0.25) is 58.7 Å². The van der Waals surface area contributed by atoms with E-state index in [1.165, 1.54) is 49.2 Å². The van der Waals surface area contributed by atoms with Gasteiger partial charge in [0.1, 0.15) is 17.5 Å². The zero-order chi connectivity index (χ0) is 79.7. The second kappa shape index (κ2) is 34.9. The number of morpholine rings is 2. The molecule has 9 aliphatic heterocycles. The summed E-state index contributed by atoms with van der Waals surface area (Å²) in [5, 5.41) is 20.6. The number of benzene rings is 3. The summed E-state index contributed by atoms with van der Waals surface area (Å²) >= 11 is 0. The van der Waals surface area contributed by atoms with Crippen molar-refractivity contribution in [2.24, 2.45) is 0 Å². The fourth-order valence-electron chi connectivity index (χ4n) is 18.8. The summed E-state index contributed by atoms with van der Waals surface area (Å²) in [7, 11) is 0. The van der Waals surface area contributed by atoms with Crippen molar-refractivity contribution in [3.63, 3.8) is 0 Å². The Labute approximate surface area is 667 Å². The van der Waals surface area contributed by atoms with Gasteiger partial charge in [0, 0.05) is 180 Å². The summed E-state index contributed by atoms with van der Waals surface area (Å²) in [4.78, 5) is 76.5. The van der Waals surface area contributed by atoms with E-state index in [0.29, 0.717) is 88.7 Å². The lowest BCUT2D eigenvalue weighted by molar-refractivity contribution is -0.122. The smallest absolute Gasteiger partial charge is 0.241 e. The van der Waals surface area contributed by atoms with E-state index in [1.54, 1.807) is 36.4 Å². The first-order valence-corrected chi connectivity index (χ1v) is 41.6. The molecule has 0 unspecified atom stereocenters. The van der Waals surface area contributed by atoms with Crippen molar-refractivity contribution in [1.82, 2.24) is 60.3 Å². The van der Waals surface area contributed by atoms with Gasteiger partial charge >= 0.3 is 0 Å². The third-order valence-electron chi connectivity index (χ3n) is 25.4. The van der Waals surface area contributed by atoms with Crippen molar-refractivity contribution >= 4 is 34.8 Å². The number of hydrogen-bond donors (Lipinski definition) is 4. The molecule has 24 heteroatoms. The summed E-state index contributed by atoms with van der Waals surface area (Å²) in [6.45, 7) is 40.3. The number of amides is 3. The molecule has 3 amide bonds. The zero-order valence-corrected chi connectivity index (χ0v) is 68.6. The first kappa shape index (κ1) is 82.4. The van der Waals surface area contributed by atoms with Gasteiger partial charge in [-0.05, 0) is 174 Å². The van der Waals surface area contributed by atoms with E-state index in [4.69, 9.17) is 24.4 Å². The third kappa shape index (κ3) is 19.6. The van der Waals surface area contributed by atoms with E-state index >= 15 is 0 Å². The van der Waals surface area contributed by atoms with Crippen LogP contribution >= 0.6 is 0 Å². The van der Waals surface area contributed by atoms with Crippen molar-refractivity contribution in [1.29, 1.82) is 0 Å². The summed E-state index contributed by atoms with van der Waals surface area (Å²) < 4.78 is 51.7.